The van der Waals surface area contributed by atoms with E-state index in [1.165, 1.54) is 4.90 Å². The van der Waals surface area contributed by atoms with Crippen molar-refractivity contribution in [1.82, 2.24) is 15.5 Å². The minimum atomic E-state index is -1.34. The molecule has 0 aromatic carbocycles. The van der Waals surface area contributed by atoms with Gasteiger partial charge in [0.1, 0.15) is 18.1 Å². The second kappa shape index (κ2) is 12.9. The number of nitrogens with two attached hydrogens (primary N) is 3. The highest BCUT2D eigenvalue weighted by Gasteiger charge is 2.38. The molecule has 4 atom stereocenters. The Labute approximate surface area is 190 Å². The lowest BCUT2D eigenvalue weighted by Crippen LogP contribution is -2.57. The number of amides is 5. The van der Waals surface area contributed by atoms with Gasteiger partial charge in [-0.2, -0.15) is 12.6 Å². The molecule has 0 aliphatic carbocycles. The van der Waals surface area contributed by atoms with Gasteiger partial charge >= 0.3 is 5.97 Å². The summed E-state index contributed by atoms with van der Waals surface area (Å²) >= 11 is 4.09. The Kier molecular flexibility index (Phi) is 10.9. The van der Waals surface area contributed by atoms with Gasteiger partial charge in [-0.05, 0) is 25.7 Å². The third kappa shape index (κ3) is 8.34. The molecule has 13 nitrogen and oxygen atoms in total. The van der Waals surface area contributed by atoms with Crippen LogP contribution in [0.25, 0.3) is 0 Å². The van der Waals surface area contributed by atoms with Crippen molar-refractivity contribution in [3.05, 3.63) is 0 Å². The van der Waals surface area contributed by atoms with Crippen LogP contribution in [-0.4, -0.2) is 82.0 Å². The highest BCUT2D eigenvalue weighted by atomic mass is 32.1. The van der Waals surface area contributed by atoms with Crippen molar-refractivity contribution >= 4 is 48.1 Å². The zero-order valence-corrected chi connectivity index (χ0v) is 18.4. The first-order chi connectivity index (χ1) is 15.0. The highest BCUT2D eigenvalue weighted by molar-refractivity contribution is 7.80. The minimum Gasteiger partial charge on any atom is -0.480 e. The molecular weight excluding hydrogens is 444 g/mol. The van der Waals surface area contributed by atoms with Gasteiger partial charge < -0.3 is 37.8 Å². The van der Waals surface area contributed by atoms with Crippen molar-refractivity contribution in [3.8, 4) is 0 Å². The van der Waals surface area contributed by atoms with Crippen molar-refractivity contribution < 1.29 is 33.9 Å². The van der Waals surface area contributed by atoms with Crippen molar-refractivity contribution in [2.75, 3.05) is 12.3 Å². The Morgan fingerprint density at radius 1 is 1.00 bits per heavy atom. The number of likely N-dealkylation sites (tertiary alicyclic amines) is 1. The van der Waals surface area contributed by atoms with E-state index in [2.05, 4.69) is 23.3 Å². The lowest BCUT2D eigenvalue weighted by atomic mass is 10.1. The molecule has 32 heavy (non-hydrogen) atoms. The van der Waals surface area contributed by atoms with Crippen molar-refractivity contribution in [2.45, 2.75) is 62.7 Å². The Hall–Kier alpha value is -2.87. The van der Waals surface area contributed by atoms with Crippen LogP contribution < -0.4 is 27.8 Å². The second-order valence-electron chi connectivity index (χ2n) is 7.45. The number of nitrogens with one attached hydrogen (secondary N) is 2. The largest absolute Gasteiger partial charge is 0.480 e. The van der Waals surface area contributed by atoms with Crippen LogP contribution in [0.2, 0.25) is 0 Å². The predicted molar refractivity (Wildman–Crippen MR) is 115 cm³/mol. The maximum absolute atomic E-state index is 12.9. The number of carbonyl (C=O) groups excluding carboxylic acids is 5. The molecule has 14 heteroatoms. The van der Waals surface area contributed by atoms with E-state index < -0.39 is 59.7 Å². The zero-order chi connectivity index (χ0) is 24.4. The zero-order valence-electron chi connectivity index (χ0n) is 17.5. The number of aliphatic carboxylic acids is 1. The Morgan fingerprint density at radius 3 is 2.12 bits per heavy atom. The Bertz CT molecular complexity index is 749. The second-order valence-corrected chi connectivity index (χ2v) is 7.81. The fourth-order valence-corrected chi connectivity index (χ4v) is 3.46. The quantitative estimate of drug-likeness (QED) is 0.134. The summed E-state index contributed by atoms with van der Waals surface area (Å²) in [6.07, 6.45) is 0.289. The summed E-state index contributed by atoms with van der Waals surface area (Å²) in [7, 11) is 0. The van der Waals surface area contributed by atoms with Crippen LogP contribution in [0.5, 0.6) is 0 Å². The number of carbonyl (C=O) groups is 6. The van der Waals surface area contributed by atoms with Crippen molar-refractivity contribution in [3.63, 3.8) is 0 Å². The first kappa shape index (κ1) is 27.2. The van der Waals surface area contributed by atoms with Crippen molar-refractivity contribution in [1.29, 1.82) is 0 Å². The van der Waals surface area contributed by atoms with Crippen LogP contribution in [-0.2, 0) is 28.8 Å². The Morgan fingerprint density at radius 2 is 1.59 bits per heavy atom. The highest BCUT2D eigenvalue weighted by Crippen LogP contribution is 2.19. The average Bonchev–Trinajstić information content (AvgIpc) is 3.21. The third-order valence-electron chi connectivity index (χ3n) is 4.97. The molecule has 5 amide bonds. The van der Waals surface area contributed by atoms with Gasteiger partial charge in [0, 0.05) is 25.1 Å². The molecule has 1 heterocycles. The summed E-state index contributed by atoms with van der Waals surface area (Å²) in [4.78, 5) is 72.2. The lowest BCUT2D eigenvalue weighted by molar-refractivity contribution is -0.145. The third-order valence-corrected chi connectivity index (χ3v) is 5.33. The summed E-state index contributed by atoms with van der Waals surface area (Å²) in [5.74, 6) is -4.65. The smallest absolute Gasteiger partial charge is 0.326 e. The number of primary amides is 2. The maximum atomic E-state index is 12.9. The normalized spacial score (nSPS) is 18.3. The van der Waals surface area contributed by atoms with Gasteiger partial charge in [-0.1, -0.05) is 0 Å². The number of hydrogen-bond acceptors (Lipinski definition) is 8. The number of rotatable bonds is 13. The number of hydrogen-bond donors (Lipinski definition) is 7. The van der Waals surface area contributed by atoms with Crippen molar-refractivity contribution in [2.24, 2.45) is 17.2 Å². The fourth-order valence-electron chi connectivity index (χ4n) is 3.21. The molecule has 9 N–H and O–H groups in total. The molecule has 1 aliphatic heterocycles. The first-order valence-corrected chi connectivity index (χ1v) is 10.7. The van der Waals surface area contributed by atoms with Gasteiger partial charge in [-0.15, -0.1) is 0 Å². The van der Waals surface area contributed by atoms with E-state index in [9.17, 15) is 33.9 Å². The molecule has 0 aromatic rings. The topological polar surface area (TPSA) is 228 Å². The van der Waals surface area contributed by atoms with Gasteiger partial charge in [-0.25, -0.2) is 4.79 Å². The summed E-state index contributed by atoms with van der Waals surface area (Å²) in [5.41, 5.74) is 15.8. The fraction of sp³-hybridized carbons (Fsp3) is 0.667. The van der Waals surface area contributed by atoms with Crippen LogP contribution in [0, 0.1) is 0 Å². The number of nitrogens with zero attached hydrogens (tertiary/aromatic N) is 1. The summed E-state index contributed by atoms with van der Waals surface area (Å²) in [5, 5.41) is 14.1. The van der Waals surface area contributed by atoms with E-state index in [1.807, 2.05) is 0 Å². The minimum absolute atomic E-state index is 0.00523. The molecule has 0 radical (unpaired) electrons. The van der Waals surface area contributed by atoms with E-state index in [0.29, 0.717) is 12.8 Å². The maximum Gasteiger partial charge on any atom is 0.326 e. The van der Waals surface area contributed by atoms with Gasteiger partial charge in [-0.3, -0.25) is 24.0 Å². The number of carboxylic acids is 1. The van der Waals surface area contributed by atoms with Crippen LogP contribution in [0.4, 0.5) is 0 Å². The summed E-state index contributed by atoms with van der Waals surface area (Å²) < 4.78 is 0. The summed E-state index contributed by atoms with van der Waals surface area (Å²) in [6, 6.07) is -4.42. The molecule has 1 aliphatic rings. The van der Waals surface area contributed by atoms with E-state index >= 15 is 0 Å². The van der Waals surface area contributed by atoms with E-state index in [0.717, 1.165) is 0 Å². The van der Waals surface area contributed by atoms with Crippen LogP contribution in [0.1, 0.15) is 38.5 Å². The van der Waals surface area contributed by atoms with Gasteiger partial charge in [0.15, 0.2) is 0 Å². The van der Waals surface area contributed by atoms with Gasteiger partial charge in [0.2, 0.25) is 29.5 Å². The Balaban J connectivity index is 2.79. The molecule has 0 aromatic heterocycles. The monoisotopic (exact) mass is 474 g/mol. The lowest BCUT2D eigenvalue weighted by Gasteiger charge is -2.29. The van der Waals surface area contributed by atoms with Crippen LogP contribution in [0.15, 0.2) is 0 Å². The van der Waals surface area contributed by atoms with Crippen LogP contribution >= 0.6 is 12.6 Å². The van der Waals surface area contributed by atoms with Gasteiger partial charge in [0.05, 0.1) is 6.04 Å². The molecule has 0 saturated carbocycles. The molecule has 4 unspecified atom stereocenters. The van der Waals surface area contributed by atoms with E-state index in [4.69, 9.17) is 17.2 Å². The van der Waals surface area contributed by atoms with Crippen LogP contribution in [0.3, 0.4) is 0 Å². The molecule has 1 rings (SSSR count). The molecular formula is C18H30N6O7S. The summed E-state index contributed by atoms with van der Waals surface area (Å²) in [6.45, 7) is 0.226. The molecule has 1 fully saturated rings. The number of carboxylic acid groups (broad SMARTS) is 1. The SMILES string of the molecule is NC(=O)CCC(N)C(=O)NC(CS)C(=O)N1CCCC1C(=O)NC(CCC(N)=O)C(=O)O. The predicted octanol–water partition coefficient (Wildman–Crippen LogP) is -3.18. The average molecular weight is 475 g/mol. The molecule has 180 valence electrons. The number of thiol groups is 1. The molecule has 0 spiro atoms. The molecule has 0 bridgehead atoms. The van der Waals surface area contributed by atoms with Gasteiger partial charge in [0.25, 0.3) is 0 Å². The first-order valence-electron chi connectivity index (χ1n) is 10.0. The van der Waals surface area contributed by atoms with E-state index in [-0.39, 0.29) is 38.0 Å². The standard InChI is InChI=1S/C18H30N6O7S/c19-9(3-5-13(20)25)15(27)23-11(8-32)17(29)24-7-1-2-12(24)16(28)22-10(18(30)31)4-6-14(21)26/h9-12,32H,1-8,19H2,(H2,20,25)(H2,21,26)(H,22,28)(H,23,27)(H,30,31). The molecule has 1 saturated heterocycles. The van der Waals surface area contributed by atoms with E-state index in [1.54, 1.807) is 0 Å².